The number of imide groups is 1. The Hall–Kier alpha value is -1.07. The van der Waals surface area contributed by atoms with Gasteiger partial charge in [0.15, 0.2) is 0 Å². The summed E-state index contributed by atoms with van der Waals surface area (Å²) in [5, 5.41) is 2.28. The average Bonchev–Trinajstić information content (AvgIpc) is 2.21. The van der Waals surface area contributed by atoms with Gasteiger partial charge in [0.1, 0.15) is 0 Å². The van der Waals surface area contributed by atoms with Crippen LogP contribution in [0.25, 0.3) is 0 Å². The van der Waals surface area contributed by atoms with Gasteiger partial charge in [-0.1, -0.05) is 20.3 Å². The number of rotatable bonds is 5. The molecule has 6 heteroatoms. The molecule has 2 amide bonds. The molecule has 0 aromatic carbocycles. The normalized spacial score (nSPS) is 28.4. The summed E-state index contributed by atoms with van der Waals surface area (Å²) in [5.41, 5.74) is -0.652. The summed E-state index contributed by atoms with van der Waals surface area (Å²) in [6, 6.07) is 0. The molecule has 1 aliphatic rings. The highest BCUT2D eigenvalue weighted by Crippen LogP contribution is 2.42. The maximum atomic E-state index is 12.2. The van der Waals surface area contributed by atoms with Crippen LogP contribution in [0.15, 0.2) is 0 Å². The summed E-state index contributed by atoms with van der Waals surface area (Å²) in [6.45, 7) is 3.67. The fourth-order valence-electron chi connectivity index (χ4n) is 2.80. The molecule has 3 nitrogen and oxygen atoms in total. The van der Waals surface area contributed by atoms with Gasteiger partial charge in [0.05, 0.1) is 0 Å². The Balaban J connectivity index is 2.71. The standard InChI is InChI=1S/C13H20F3NO2/c1-3-5-9-11(19)17-10(18)8-12(9,2)6-4-7-13(14,15)16/h9H,3-8H2,1-2H3,(H,17,18,19). The van der Waals surface area contributed by atoms with Gasteiger partial charge in [-0.2, -0.15) is 13.2 Å². The van der Waals surface area contributed by atoms with E-state index < -0.39 is 18.0 Å². The molecule has 1 fully saturated rings. The number of amides is 2. The fraction of sp³-hybridized carbons (Fsp3) is 0.846. The number of halogens is 3. The van der Waals surface area contributed by atoms with Gasteiger partial charge in [-0.15, -0.1) is 0 Å². The first-order valence-corrected chi connectivity index (χ1v) is 6.58. The van der Waals surface area contributed by atoms with Crippen molar-refractivity contribution >= 4 is 11.8 Å². The average molecular weight is 279 g/mol. The van der Waals surface area contributed by atoms with E-state index in [1.165, 1.54) is 0 Å². The number of piperidine rings is 1. The molecular weight excluding hydrogens is 259 g/mol. The molecule has 1 aliphatic heterocycles. The van der Waals surface area contributed by atoms with Crippen LogP contribution in [0.4, 0.5) is 13.2 Å². The number of hydrogen-bond donors (Lipinski definition) is 1. The largest absolute Gasteiger partial charge is 0.389 e. The summed E-state index contributed by atoms with van der Waals surface area (Å²) in [6.07, 6.45) is -3.35. The highest BCUT2D eigenvalue weighted by atomic mass is 19.4. The van der Waals surface area contributed by atoms with Crippen LogP contribution in [0.2, 0.25) is 0 Å². The van der Waals surface area contributed by atoms with Gasteiger partial charge in [0, 0.05) is 18.8 Å². The van der Waals surface area contributed by atoms with Gasteiger partial charge in [0.25, 0.3) is 0 Å². The van der Waals surface area contributed by atoms with Crippen LogP contribution >= 0.6 is 0 Å². The van der Waals surface area contributed by atoms with E-state index in [9.17, 15) is 22.8 Å². The van der Waals surface area contributed by atoms with E-state index in [1.807, 2.05) is 6.92 Å². The topological polar surface area (TPSA) is 46.2 Å². The van der Waals surface area contributed by atoms with Gasteiger partial charge >= 0.3 is 6.18 Å². The minimum absolute atomic E-state index is 0.0409. The maximum absolute atomic E-state index is 12.2. The van der Waals surface area contributed by atoms with Crippen molar-refractivity contribution in [2.45, 2.75) is 58.5 Å². The molecule has 0 radical (unpaired) electrons. The van der Waals surface area contributed by atoms with Crippen LogP contribution in [0.5, 0.6) is 0 Å². The summed E-state index contributed by atoms with van der Waals surface area (Å²) in [4.78, 5) is 23.3. The Labute approximate surface area is 110 Å². The summed E-state index contributed by atoms with van der Waals surface area (Å²) >= 11 is 0. The second-order valence-corrected chi connectivity index (χ2v) is 5.55. The number of alkyl halides is 3. The third-order valence-electron chi connectivity index (χ3n) is 3.77. The predicted molar refractivity (Wildman–Crippen MR) is 64.2 cm³/mol. The first-order chi connectivity index (χ1) is 8.68. The van der Waals surface area contributed by atoms with E-state index in [2.05, 4.69) is 5.32 Å². The molecule has 0 aromatic rings. The molecule has 0 aliphatic carbocycles. The lowest BCUT2D eigenvalue weighted by Crippen LogP contribution is -2.51. The zero-order valence-electron chi connectivity index (χ0n) is 11.3. The van der Waals surface area contributed by atoms with Crippen molar-refractivity contribution in [3.05, 3.63) is 0 Å². The summed E-state index contributed by atoms with van der Waals surface area (Å²) in [7, 11) is 0. The molecule has 1 heterocycles. The summed E-state index contributed by atoms with van der Waals surface area (Å²) in [5.74, 6) is -1.09. The van der Waals surface area contributed by atoms with Crippen LogP contribution in [0.1, 0.15) is 52.4 Å². The van der Waals surface area contributed by atoms with E-state index in [-0.39, 0.29) is 37.0 Å². The lowest BCUT2D eigenvalue weighted by Gasteiger charge is -2.40. The van der Waals surface area contributed by atoms with Gasteiger partial charge in [-0.3, -0.25) is 14.9 Å². The third kappa shape index (κ3) is 4.51. The molecule has 0 saturated carbocycles. The monoisotopic (exact) mass is 279 g/mol. The van der Waals surface area contributed by atoms with Gasteiger partial charge in [-0.25, -0.2) is 0 Å². The Morgan fingerprint density at radius 3 is 2.53 bits per heavy atom. The minimum Gasteiger partial charge on any atom is -0.296 e. The van der Waals surface area contributed by atoms with Gasteiger partial charge in [-0.05, 0) is 24.7 Å². The molecular formula is C13H20F3NO2. The first kappa shape index (κ1) is 16.0. The predicted octanol–water partition coefficient (Wildman–Crippen LogP) is 3.19. The molecule has 1 saturated heterocycles. The van der Waals surface area contributed by atoms with Crippen LogP contribution in [-0.4, -0.2) is 18.0 Å². The third-order valence-corrected chi connectivity index (χ3v) is 3.77. The highest BCUT2D eigenvalue weighted by molar-refractivity contribution is 5.99. The van der Waals surface area contributed by atoms with Crippen molar-refractivity contribution in [3.63, 3.8) is 0 Å². The molecule has 1 N–H and O–H groups in total. The number of nitrogens with one attached hydrogen (secondary N) is 1. The molecule has 19 heavy (non-hydrogen) atoms. The maximum Gasteiger partial charge on any atom is 0.389 e. The lowest BCUT2D eigenvalue weighted by atomic mass is 9.67. The van der Waals surface area contributed by atoms with Crippen molar-refractivity contribution in [2.75, 3.05) is 0 Å². The second-order valence-electron chi connectivity index (χ2n) is 5.55. The van der Waals surface area contributed by atoms with Crippen molar-refractivity contribution < 1.29 is 22.8 Å². The molecule has 2 unspecified atom stereocenters. The van der Waals surface area contributed by atoms with Crippen LogP contribution < -0.4 is 5.32 Å². The Bertz CT molecular complexity index is 354. The molecule has 0 spiro atoms. The molecule has 2 atom stereocenters. The lowest BCUT2D eigenvalue weighted by molar-refractivity contribution is -0.145. The SMILES string of the molecule is CCCC1C(=O)NC(=O)CC1(C)CCCC(F)(F)F. The first-order valence-electron chi connectivity index (χ1n) is 6.58. The summed E-state index contributed by atoms with van der Waals surface area (Å²) < 4.78 is 36.6. The van der Waals surface area contributed by atoms with Crippen molar-refractivity contribution in [2.24, 2.45) is 11.3 Å². The Kier molecular flexibility index (Phi) is 4.98. The number of hydrogen-bond acceptors (Lipinski definition) is 2. The van der Waals surface area contributed by atoms with Crippen molar-refractivity contribution in [1.82, 2.24) is 5.32 Å². The van der Waals surface area contributed by atoms with E-state index in [0.29, 0.717) is 6.42 Å². The zero-order chi connectivity index (χ0) is 14.7. The van der Waals surface area contributed by atoms with Crippen LogP contribution in [-0.2, 0) is 9.59 Å². The highest BCUT2D eigenvalue weighted by Gasteiger charge is 2.44. The van der Waals surface area contributed by atoms with Crippen LogP contribution in [0.3, 0.4) is 0 Å². The Morgan fingerprint density at radius 1 is 1.37 bits per heavy atom. The Morgan fingerprint density at radius 2 is 2.00 bits per heavy atom. The molecule has 1 rings (SSSR count). The van der Waals surface area contributed by atoms with E-state index in [1.54, 1.807) is 6.92 Å². The second kappa shape index (κ2) is 5.92. The van der Waals surface area contributed by atoms with Crippen molar-refractivity contribution in [3.8, 4) is 0 Å². The fourth-order valence-corrected chi connectivity index (χ4v) is 2.80. The zero-order valence-corrected chi connectivity index (χ0v) is 11.3. The molecule has 0 aromatic heterocycles. The quantitative estimate of drug-likeness (QED) is 0.786. The van der Waals surface area contributed by atoms with E-state index >= 15 is 0 Å². The minimum atomic E-state index is -4.18. The molecule has 110 valence electrons. The smallest absolute Gasteiger partial charge is 0.296 e. The van der Waals surface area contributed by atoms with Crippen LogP contribution in [0, 0.1) is 11.3 Å². The van der Waals surface area contributed by atoms with E-state index in [4.69, 9.17) is 0 Å². The van der Waals surface area contributed by atoms with Gasteiger partial charge < -0.3 is 0 Å². The molecule has 0 bridgehead atoms. The van der Waals surface area contributed by atoms with Crippen molar-refractivity contribution in [1.29, 1.82) is 0 Å². The number of carbonyl (C=O) groups excluding carboxylic acids is 2. The number of carbonyl (C=O) groups is 2. The van der Waals surface area contributed by atoms with Gasteiger partial charge in [0.2, 0.25) is 11.8 Å². The van der Waals surface area contributed by atoms with E-state index in [0.717, 1.165) is 6.42 Å².